The van der Waals surface area contributed by atoms with Crippen LogP contribution in [-0.4, -0.2) is 90.3 Å². The van der Waals surface area contributed by atoms with E-state index in [2.05, 4.69) is 32.6 Å². The Labute approximate surface area is 219 Å². The monoisotopic (exact) mass is 545 g/mol. The minimum absolute atomic E-state index is 0.0591. The molecule has 3 heterocycles. The van der Waals surface area contributed by atoms with E-state index in [-0.39, 0.29) is 18.0 Å². The van der Waals surface area contributed by atoms with Crippen molar-refractivity contribution in [3.05, 3.63) is 53.8 Å². The molecule has 1 fully saturated rings. The Morgan fingerprint density at radius 1 is 1.43 bits per heavy atom. The third-order valence-electron chi connectivity index (χ3n) is 5.40. The predicted octanol–water partition coefficient (Wildman–Crippen LogP) is 0.656. The van der Waals surface area contributed by atoms with Crippen molar-refractivity contribution in [3.63, 3.8) is 0 Å². The molecule has 0 radical (unpaired) electrons. The molecule has 1 unspecified atom stereocenters. The summed E-state index contributed by atoms with van der Waals surface area (Å²) in [7, 11) is 3.18. The molecule has 1 saturated heterocycles. The number of oxime groups is 1. The number of hydrogen-bond donors (Lipinski definition) is 2. The molecule has 2 aliphatic rings. The number of tetrazole rings is 1. The second-order valence-electron chi connectivity index (χ2n) is 7.75. The van der Waals surface area contributed by atoms with Crippen LogP contribution < -0.4 is 10.1 Å². The number of fused-ring (bicyclic) bond motifs is 1. The number of aromatic nitrogens is 4. The Morgan fingerprint density at radius 3 is 2.92 bits per heavy atom. The number of thioether (sulfide) groups is 2. The third-order valence-corrected chi connectivity index (χ3v) is 7.84. The number of benzene rings is 1. The smallest absolute Gasteiger partial charge is 0.352 e. The lowest BCUT2D eigenvalue weighted by Crippen LogP contribution is -2.71. The van der Waals surface area contributed by atoms with Gasteiger partial charge in [0.2, 0.25) is 5.16 Å². The van der Waals surface area contributed by atoms with Gasteiger partial charge in [-0.3, -0.25) is 14.5 Å². The lowest BCUT2D eigenvalue weighted by Gasteiger charge is -2.49. The number of hydrogen-bond acceptors (Lipinski definition) is 11. The van der Waals surface area contributed by atoms with Gasteiger partial charge < -0.3 is 20.0 Å². The SMILES string of the molecule is C=CCON=C(C(=O)NC1C(=O)N2C(C(=O)O)=C(CSc3nnnn3C)CS[C@@H]12)c1cccc(OC)c1. The van der Waals surface area contributed by atoms with Crippen LogP contribution in [0.5, 0.6) is 5.75 Å². The molecule has 0 aliphatic carbocycles. The molecule has 1 aromatic carbocycles. The average molecular weight is 546 g/mol. The van der Waals surface area contributed by atoms with Gasteiger partial charge >= 0.3 is 5.97 Å². The fourth-order valence-electron chi connectivity index (χ4n) is 3.65. The number of nitrogens with zero attached hydrogens (tertiary/aromatic N) is 6. The average Bonchev–Trinajstić information content (AvgIpc) is 3.32. The number of amides is 2. The zero-order valence-electron chi connectivity index (χ0n) is 19.9. The van der Waals surface area contributed by atoms with Crippen LogP contribution in [0.3, 0.4) is 0 Å². The largest absolute Gasteiger partial charge is 0.497 e. The van der Waals surface area contributed by atoms with Crippen molar-refractivity contribution in [2.75, 3.05) is 25.2 Å². The summed E-state index contributed by atoms with van der Waals surface area (Å²) in [5, 5.41) is 27.6. The highest BCUT2D eigenvalue weighted by molar-refractivity contribution is 8.01. The second kappa shape index (κ2) is 11.5. The van der Waals surface area contributed by atoms with Crippen molar-refractivity contribution in [1.82, 2.24) is 30.4 Å². The molecule has 0 bridgehead atoms. The van der Waals surface area contributed by atoms with E-state index in [1.807, 2.05) is 0 Å². The first-order valence-electron chi connectivity index (χ1n) is 10.9. The molecule has 1 aromatic heterocycles. The number of carboxylic acids is 1. The van der Waals surface area contributed by atoms with Crippen LogP contribution in [0.15, 0.2) is 58.5 Å². The summed E-state index contributed by atoms with van der Waals surface area (Å²) in [4.78, 5) is 44.7. The molecule has 15 heteroatoms. The number of rotatable bonds is 11. The van der Waals surface area contributed by atoms with E-state index in [1.165, 1.54) is 46.3 Å². The molecular weight excluding hydrogens is 522 g/mol. The van der Waals surface area contributed by atoms with Crippen molar-refractivity contribution in [2.24, 2.45) is 12.2 Å². The quantitative estimate of drug-likeness (QED) is 0.102. The van der Waals surface area contributed by atoms with Crippen LogP contribution in [0.1, 0.15) is 5.56 Å². The highest BCUT2D eigenvalue weighted by Gasteiger charge is 2.54. The van der Waals surface area contributed by atoms with E-state index < -0.39 is 29.2 Å². The van der Waals surface area contributed by atoms with E-state index >= 15 is 0 Å². The number of ether oxygens (including phenoxy) is 1. The van der Waals surface area contributed by atoms with Crippen molar-refractivity contribution in [2.45, 2.75) is 16.6 Å². The van der Waals surface area contributed by atoms with E-state index in [9.17, 15) is 19.5 Å². The van der Waals surface area contributed by atoms with Gasteiger partial charge in [0, 0.05) is 24.1 Å². The fourth-order valence-corrected chi connectivity index (χ4v) is 5.98. The Kier molecular flexibility index (Phi) is 8.13. The van der Waals surface area contributed by atoms with Crippen LogP contribution in [0.4, 0.5) is 0 Å². The van der Waals surface area contributed by atoms with Gasteiger partial charge in [-0.1, -0.05) is 41.7 Å². The molecule has 0 spiro atoms. The van der Waals surface area contributed by atoms with E-state index in [4.69, 9.17) is 9.57 Å². The minimum atomic E-state index is -1.22. The highest BCUT2D eigenvalue weighted by Crippen LogP contribution is 2.41. The zero-order chi connectivity index (χ0) is 26.5. The first-order chi connectivity index (χ1) is 17.8. The molecule has 0 saturated carbocycles. The van der Waals surface area contributed by atoms with Gasteiger partial charge in [0.25, 0.3) is 11.8 Å². The van der Waals surface area contributed by atoms with Crippen LogP contribution in [0.25, 0.3) is 0 Å². The molecule has 194 valence electrons. The fraction of sp³-hybridized carbons (Fsp3) is 0.318. The highest BCUT2D eigenvalue weighted by atomic mass is 32.2. The van der Waals surface area contributed by atoms with Gasteiger partial charge in [0.15, 0.2) is 5.71 Å². The third kappa shape index (κ3) is 5.46. The maximum absolute atomic E-state index is 13.2. The Bertz CT molecular complexity index is 1290. The molecular formula is C22H23N7O6S2. The van der Waals surface area contributed by atoms with E-state index in [0.717, 1.165) is 0 Å². The van der Waals surface area contributed by atoms with Crippen molar-refractivity contribution in [1.29, 1.82) is 0 Å². The summed E-state index contributed by atoms with van der Waals surface area (Å²) >= 11 is 2.64. The molecule has 2 atom stereocenters. The Morgan fingerprint density at radius 2 is 2.24 bits per heavy atom. The van der Waals surface area contributed by atoms with Crippen LogP contribution >= 0.6 is 23.5 Å². The molecule has 13 nitrogen and oxygen atoms in total. The second-order valence-corrected chi connectivity index (χ2v) is 9.80. The van der Waals surface area contributed by atoms with Crippen molar-refractivity contribution >= 4 is 47.0 Å². The van der Waals surface area contributed by atoms with Gasteiger partial charge in [0.05, 0.1) is 7.11 Å². The maximum atomic E-state index is 13.2. The van der Waals surface area contributed by atoms with Gasteiger partial charge in [-0.25, -0.2) is 9.48 Å². The summed E-state index contributed by atoms with van der Waals surface area (Å²) in [5.41, 5.74) is 0.843. The number of carbonyl (C=O) groups is 3. The Hall–Kier alpha value is -3.85. The summed E-state index contributed by atoms with van der Waals surface area (Å²) in [5.74, 6) is -1.22. The summed E-state index contributed by atoms with van der Waals surface area (Å²) in [6, 6.07) is 5.75. The maximum Gasteiger partial charge on any atom is 0.352 e. The minimum Gasteiger partial charge on any atom is -0.497 e. The zero-order valence-corrected chi connectivity index (χ0v) is 21.5. The van der Waals surface area contributed by atoms with Crippen LogP contribution in [-0.2, 0) is 26.3 Å². The van der Waals surface area contributed by atoms with Gasteiger partial charge in [0.1, 0.15) is 29.5 Å². The van der Waals surface area contributed by atoms with Crippen LogP contribution in [0, 0.1) is 0 Å². The van der Waals surface area contributed by atoms with Gasteiger partial charge in [-0.15, -0.1) is 16.9 Å². The first kappa shape index (κ1) is 26.2. The lowest BCUT2D eigenvalue weighted by atomic mass is 10.0. The van der Waals surface area contributed by atoms with E-state index in [1.54, 1.807) is 31.3 Å². The van der Waals surface area contributed by atoms with Crippen molar-refractivity contribution in [3.8, 4) is 5.75 Å². The summed E-state index contributed by atoms with van der Waals surface area (Å²) in [6.07, 6.45) is 1.48. The number of methoxy groups -OCH3 is 1. The number of aryl methyl sites for hydroxylation is 1. The summed E-state index contributed by atoms with van der Waals surface area (Å²) in [6.45, 7) is 3.63. The van der Waals surface area contributed by atoms with Crippen molar-refractivity contribution < 1.29 is 29.1 Å². The first-order valence-corrected chi connectivity index (χ1v) is 12.9. The number of carbonyl (C=O) groups excluding carboxylic acids is 2. The number of aliphatic carboxylic acids is 1. The number of nitrogens with one attached hydrogen (secondary N) is 1. The molecule has 37 heavy (non-hydrogen) atoms. The standard InChI is InChI=1S/C22H23N7O6S2/c1-4-8-35-25-15(12-6-5-7-14(9-12)34-3)18(30)23-16-19(31)29-17(21(32)33)13(10-36-20(16)29)11-37-22-24-26-27-28(22)2/h4-7,9,16,20H,1,8,10-11H2,2-3H3,(H,23,30)(H,32,33)/t16?,20-/m0/s1. The molecule has 2 N–H and O–H groups in total. The summed E-state index contributed by atoms with van der Waals surface area (Å²) < 4.78 is 6.70. The van der Waals surface area contributed by atoms with Crippen LogP contribution in [0.2, 0.25) is 0 Å². The number of carboxylic acid groups (broad SMARTS) is 1. The topological polar surface area (TPSA) is 161 Å². The normalized spacial score (nSPS) is 19.1. The molecule has 4 rings (SSSR count). The van der Waals surface area contributed by atoms with Gasteiger partial charge in [-0.05, 0) is 28.1 Å². The molecule has 2 aliphatic heterocycles. The molecule has 2 amide bonds. The predicted molar refractivity (Wildman–Crippen MR) is 135 cm³/mol. The lowest BCUT2D eigenvalue weighted by molar-refractivity contribution is -0.150. The number of β-lactam (4-membered cyclic amide) rings is 1. The Balaban J connectivity index is 1.51. The van der Waals surface area contributed by atoms with E-state index in [0.29, 0.717) is 33.5 Å². The molecule has 2 aromatic rings. The van der Waals surface area contributed by atoms with Gasteiger partial charge in [-0.2, -0.15) is 0 Å².